The molecule has 0 saturated carbocycles. The van der Waals surface area contributed by atoms with E-state index in [2.05, 4.69) is 5.32 Å². The van der Waals surface area contributed by atoms with E-state index in [0.29, 0.717) is 17.9 Å². The van der Waals surface area contributed by atoms with Crippen molar-refractivity contribution in [2.24, 2.45) is 0 Å². The second kappa shape index (κ2) is 7.46. The first-order valence-electron chi connectivity index (χ1n) is 7.06. The molecule has 1 aromatic rings. The number of esters is 1. The predicted octanol–water partition coefficient (Wildman–Crippen LogP) is 3.29. The second-order valence-electron chi connectivity index (χ2n) is 5.04. The van der Waals surface area contributed by atoms with Gasteiger partial charge in [0, 0.05) is 5.02 Å². The number of carbonyl (C=O) groups is 2. The molecule has 1 atom stereocenters. The van der Waals surface area contributed by atoms with E-state index in [9.17, 15) is 9.59 Å². The first kappa shape index (κ1) is 17.5. The third kappa shape index (κ3) is 3.97. The van der Waals surface area contributed by atoms with Crippen LogP contribution in [-0.4, -0.2) is 24.5 Å². The van der Waals surface area contributed by atoms with Crippen LogP contribution in [0.2, 0.25) is 5.02 Å². The Morgan fingerprint density at radius 3 is 2.19 bits per heavy atom. The van der Waals surface area contributed by atoms with Gasteiger partial charge in [-0.1, -0.05) is 37.6 Å². The number of halogens is 1. The highest BCUT2D eigenvalue weighted by Gasteiger charge is 2.38. The maximum Gasteiger partial charge on any atom is 0.331 e. The highest BCUT2D eigenvalue weighted by atomic mass is 35.5. The first-order chi connectivity index (χ1) is 9.90. The molecule has 5 heteroatoms. The van der Waals surface area contributed by atoms with Crippen LogP contribution in [0.5, 0.6) is 0 Å². The molecule has 1 aromatic carbocycles. The van der Waals surface area contributed by atoms with Gasteiger partial charge in [-0.15, -0.1) is 0 Å². The van der Waals surface area contributed by atoms with Gasteiger partial charge in [0.1, 0.15) is 5.54 Å². The van der Waals surface area contributed by atoms with E-state index >= 15 is 0 Å². The highest BCUT2D eigenvalue weighted by molar-refractivity contribution is 6.30. The minimum atomic E-state index is -0.966. The Bertz CT molecular complexity index is 495. The van der Waals surface area contributed by atoms with Gasteiger partial charge in [0.2, 0.25) is 5.91 Å². The van der Waals surface area contributed by atoms with Crippen molar-refractivity contribution in [1.82, 2.24) is 5.32 Å². The number of hydrogen-bond donors (Lipinski definition) is 1. The summed E-state index contributed by atoms with van der Waals surface area (Å²) < 4.78 is 4.83. The molecule has 0 bridgehead atoms. The molecule has 1 rings (SSSR count). The summed E-state index contributed by atoms with van der Waals surface area (Å²) in [6.45, 7) is 5.51. The lowest BCUT2D eigenvalue weighted by molar-refractivity contribution is -0.151. The van der Waals surface area contributed by atoms with E-state index in [1.54, 1.807) is 19.1 Å². The molecule has 0 saturated heterocycles. The number of ether oxygens (including phenoxy) is 1. The van der Waals surface area contributed by atoms with Gasteiger partial charge >= 0.3 is 5.97 Å². The Balaban J connectivity index is 2.91. The lowest BCUT2D eigenvalue weighted by Crippen LogP contribution is -2.55. The molecular weight excluding hydrogens is 290 g/mol. The maximum atomic E-state index is 12.4. The van der Waals surface area contributed by atoms with E-state index in [4.69, 9.17) is 16.3 Å². The largest absolute Gasteiger partial charge is 0.467 e. The Labute approximate surface area is 130 Å². The average Bonchev–Trinajstić information content (AvgIpc) is 2.51. The van der Waals surface area contributed by atoms with Gasteiger partial charge in [-0.3, -0.25) is 4.79 Å². The molecule has 0 aliphatic heterocycles. The van der Waals surface area contributed by atoms with Crippen LogP contribution in [0.3, 0.4) is 0 Å². The normalized spacial score (nSPS) is 12.6. The zero-order chi connectivity index (χ0) is 16.0. The van der Waals surface area contributed by atoms with Crippen molar-refractivity contribution in [2.75, 3.05) is 7.11 Å². The van der Waals surface area contributed by atoms with Crippen molar-refractivity contribution in [3.63, 3.8) is 0 Å². The first-order valence-corrected chi connectivity index (χ1v) is 7.43. The molecule has 21 heavy (non-hydrogen) atoms. The van der Waals surface area contributed by atoms with Crippen LogP contribution in [0.25, 0.3) is 0 Å². The van der Waals surface area contributed by atoms with Crippen LogP contribution < -0.4 is 5.32 Å². The summed E-state index contributed by atoms with van der Waals surface area (Å²) in [7, 11) is 1.33. The summed E-state index contributed by atoms with van der Waals surface area (Å²) >= 11 is 5.85. The summed E-state index contributed by atoms with van der Waals surface area (Å²) in [5.74, 6) is -0.986. The Morgan fingerprint density at radius 2 is 1.76 bits per heavy atom. The molecule has 4 nitrogen and oxygen atoms in total. The average molecular weight is 312 g/mol. The van der Waals surface area contributed by atoms with Crippen LogP contribution in [0.4, 0.5) is 0 Å². The van der Waals surface area contributed by atoms with Crippen LogP contribution in [0, 0.1) is 0 Å². The smallest absolute Gasteiger partial charge is 0.331 e. The van der Waals surface area contributed by atoms with Crippen molar-refractivity contribution >= 4 is 23.5 Å². The molecule has 1 unspecified atom stereocenters. The summed E-state index contributed by atoms with van der Waals surface area (Å²) in [4.78, 5) is 24.4. The van der Waals surface area contributed by atoms with Gasteiger partial charge in [-0.2, -0.15) is 0 Å². The van der Waals surface area contributed by atoms with E-state index in [1.807, 2.05) is 26.0 Å². The fraction of sp³-hybridized carbons (Fsp3) is 0.500. The third-order valence-electron chi connectivity index (χ3n) is 3.91. The zero-order valence-corrected chi connectivity index (χ0v) is 13.7. The number of rotatable bonds is 6. The fourth-order valence-corrected chi connectivity index (χ4v) is 2.33. The Hall–Kier alpha value is -1.55. The molecule has 0 aliphatic rings. The number of carbonyl (C=O) groups excluding carboxylic acids is 2. The molecule has 0 fully saturated rings. The van der Waals surface area contributed by atoms with Gasteiger partial charge in [-0.05, 0) is 37.5 Å². The molecule has 116 valence electrons. The molecule has 1 N–H and O–H groups in total. The van der Waals surface area contributed by atoms with Crippen LogP contribution in [0.1, 0.15) is 45.1 Å². The summed E-state index contributed by atoms with van der Waals surface area (Å²) in [6.07, 6.45) is 0.963. The van der Waals surface area contributed by atoms with E-state index in [1.165, 1.54) is 7.11 Å². The number of hydrogen-bond acceptors (Lipinski definition) is 3. The quantitative estimate of drug-likeness (QED) is 0.820. The second-order valence-corrected chi connectivity index (χ2v) is 5.48. The third-order valence-corrected chi connectivity index (χ3v) is 4.16. The SMILES string of the molecule is CCC(CC)(NC(=O)C(C)c1ccc(Cl)cc1)C(=O)OC. The molecule has 0 spiro atoms. The molecule has 0 radical (unpaired) electrons. The van der Waals surface area contributed by atoms with E-state index in [-0.39, 0.29) is 11.8 Å². The molecule has 0 aliphatic carbocycles. The molecule has 0 heterocycles. The summed E-state index contributed by atoms with van der Waals surface area (Å²) in [5.41, 5.74) is -0.116. The standard InChI is InChI=1S/C16H22ClNO3/c1-5-16(6-2,15(20)21-4)18-14(19)11(3)12-7-9-13(17)10-8-12/h7-11H,5-6H2,1-4H3,(H,18,19). The number of amides is 1. The van der Waals surface area contributed by atoms with Crippen molar-refractivity contribution in [3.05, 3.63) is 34.9 Å². The minimum Gasteiger partial charge on any atom is -0.467 e. The molecular formula is C16H22ClNO3. The van der Waals surface area contributed by atoms with Crippen molar-refractivity contribution in [2.45, 2.75) is 45.1 Å². The van der Waals surface area contributed by atoms with Gasteiger partial charge < -0.3 is 10.1 Å². The number of nitrogens with one attached hydrogen (secondary N) is 1. The lowest BCUT2D eigenvalue weighted by Gasteiger charge is -2.31. The monoisotopic (exact) mass is 311 g/mol. The summed E-state index contributed by atoms with van der Waals surface area (Å²) in [6, 6.07) is 7.11. The highest BCUT2D eigenvalue weighted by Crippen LogP contribution is 2.22. The Kier molecular flexibility index (Phi) is 6.21. The van der Waals surface area contributed by atoms with Gasteiger partial charge in [0.05, 0.1) is 13.0 Å². The van der Waals surface area contributed by atoms with E-state index in [0.717, 1.165) is 5.56 Å². The van der Waals surface area contributed by atoms with Crippen LogP contribution in [-0.2, 0) is 14.3 Å². The molecule has 1 amide bonds. The topological polar surface area (TPSA) is 55.4 Å². The predicted molar refractivity (Wildman–Crippen MR) is 83.3 cm³/mol. The van der Waals surface area contributed by atoms with E-state index < -0.39 is 11.5 Å². The van der Waals surface area contributed by atoms with Crippen molar-refractivity contribution in [1.29, 1.82) is 0 Å². The Morgan fingerprint density at radius 1 is 1.24 bits per heavy atom. The van der Waals surface area contributed by atoms with Gasteiger partial charge in [-0.25, -0.2) is 4.79 Å². The van der Waals surface area contributed by atoms with Crippen LogP contribution in [0.15, 0.2) is 24.3 Å². The summed E-state index contributed by atoms with van der Waals surface area (Å²) in [5, 5.41) is 3.47. The fourth-order valence-electron chi connectivity index (χ4n) is 2.21. The number of benzene rings is 1. The molecule has 0 aromatic heterocycles. The van der Waals surface area contributed by atoms with Crippen molar-refractivity contribution < 1.29 is 14.3 Å². The zero-order valence-electron chi connectivity index (χ0n) is 12.9. The van der Waals surface area contributed by atoms with Crippen LogP contribution >= 0.6 is 11.6 Å². The lowest BCUT2D eigenvalue weighted by atomic mass is 9.91. The van der Waals surface area contributed by atoms with Gasteiger partial charge in [0.15, 0.2) is 0 Å². The van der Waals surface area contributed by atoms with Gasteiger partial charge in [0.25, 0.3) is 0 Å². The maximum absolute atomic E-state index is 12.4. The van der Waals surface area contributed by atoms with Crippen molar-refractivity contribution in [3.8, 4) is 0 Å². The minimum absolute atomic E-state index is 0.202. The number of methoxy groups -OCH3 is 1.